The van der Waals surface area contributed by atoms with Crippen LogP contribution in [-0.4, -0.2) is 63.9 Å². The van der Waals surface area contributed by atoms with Gasteiger partial charge in [-0.15, -0.1) is 0 Å². The number of primary amides is 9. The average Bonchev–Trinajstić information content (AvgIpc) is 1.61. The van der Waals surface area contributed by atoms with Crippen molar-refractivity contribution in [3.63, 3.8) is 0 Å². The fourth-order valence-corrected chi connectivity index (χ4v) is 15.1. The van der Waals surface area contributed by atoms with Gasteiger partial charge in [0.2, 0.25) is 53.2 Å². The maximum absolute atomic E-state index is 12.7. The van der Waals surface area contributed by atoms with Crippen LogP contribution < -0.4 is 56.3 Å². The number of aliphatic hydroxyl groups excluding tert-OH is 1. The second kappa shape index (κ2) is 53.7. The minimum Gasteiger partial charge on any atom is -0.487 e. The van der Waals surface area contributed by atoms with Crippen molar-refractivity contribution in [2.24, 2.45) is 63.4 Å². The Bertz CT molecular complexity index is 4730. The maximum atomic E-state index is 12.7. The van der Waals surface area contributed by atoms with Crippen LogP contribution in [0.4, 0.5) is 13.2 Å². The quantitative estimate of drug-likeness (QED) is 0.0184. The second-order valence-electron chi connectivity index (χ2n) is 36.0. The Kier molecular flexibility index (Phi) is 45.8. The normalized spacial score (nSPS) is 13.7. The smallest absolute Gasteiger partial charge is 0.221 e. The maximum Gasteiger partial charge on any atom is 0.221 e. The number of rotatable bonds is 33. The Hall–Kier alpha value is -11.4. The van der Waals surface area contributed by atoms with Crippen molar-refractivity contribution in [1.29, 1.82) is 0 Å². The summed E-state index contributed by atoms with van der Waals surface area (Å²) in [5, 5.41) is 11.0. The zero-order valence-electron chi connectivity index (χ0n) is 77.0. The molecule has 0 aliphatic heterocycles. The van der Waals surface area contributed by atoms with E-state index in [-0.39, 0.29) is 129 Å². The molecule has 12 rings (SSSR count). The molecule has 0 radical (unpaired) electrons. The third kappa shape index (κ3) is 43.4. The van der Waals surface area contributed by atoms with Crippen molar-refractivity contribution in [3.05, 3.63) is 312 Å². The first kappa shape index (κ1) is 111. The van der Waals surface area contributed by atoms with Gasteiger partial charge in [0.1, 0.15) is 28.8 Å². The number of aliphatic hydroxyl groups is 1. The van der Waals surface area contributed by atoms with Crippen LogP contribution >= 0.6 is 34.8 Å². The minimum absolute atomic E-state index is 0.000180. The van der Waals surface area contributed by atoms with Crippen LogP contribution in [0.5, 0.6) is 5.75 Å². The van der Waals surface area contributed by atoms with E-state index >= 15 is 0 Å². The predicted molar refractivity (Wildman–Crippen MR) is 514 cm³/mol. The lowest BCUT2D eigenvalue weighted by Gasteiger charge is -2.25. The Morgan fingerprint density at radius 3 is 0.915 bits per heavy atom. The zero-order chi connectivity index (χ0) is 97.4. The number of halogens is 6. The van der Waals surface area contributed by atoms with Crippen LogP contribution in [0.3, 0.4) is 0 Å². The lowest BCUT2D eigenvalue weighted by Crippen LogP contribution is -2.33. The van der Waals surface area contributed by atoms with Crippen LogP contribution in [0.2, 0.25) is 15.1 Å². The number of hydrogen-bond acceptors (Lipinski definition) is 11. The van der Waals surface area contributed by atoms with Crippen LogP contribution in [0, 0.1) is 43.1 Å². The standard InChI is InChI=1S/C12H14ClNO.C12H14FNO.C12H15NO2.2C12H17NO.C11H14ClNO2.C11H14ClNO.2C11H14FNO/c2*13-10-5-3-9(4-6-10)11(7-12(14)15)8-1-2-8;13-11(15)7-12(5-6-12)10-3-1-9(8-14)2-4-10;2*1-9-4-6-10(7-5-9)12(2,3)8-11(13)14;1-11(2,7-10(13)14)15-9-5-3-8(12)4-6-9;1-2-8(7-11(13)14)9-3-5-10(12)6-4-9;1-11(2,7-10(13)14)8-3-5-9(12)6-4-8;1-2-8(7-11(13)14)9-3-5-10(12)6-4-9/h2*3-6,8,11H,1-2,7H2,(H2,14,15);1-4,14H,5-8H2,(H2,13,15);2*4-7H,8H2,1-3H3,(H2,13,14);3-6H,7H2,1-2H3,(H2,13,14);3-6,8H,2,7H2,1H3,(H2,13,14);3-6H,7H2,1-2H3,(H2,13,14);3-6,8H,2,7H2,1H3,(H2,13,14). The number of aryl methyl sites for hydroxylation is 2. The summed E-state index contributed by atoms with van der Waals surface area (Å²) in [6.07, 6.45) is 11.7. The Morgan fingerprint density at radius 2 is 0.646 bits per heavy atom. The van der Waals surface area contributed by atoms with Gasteiger partial charge in [0.15, 0.2) is 0 Å². The summed E-state index contributed by atoms with van der Waals surface area (Å²) in [6.45, 7) is 23.7. The van der Waals surface area contributed by atoms with Crippen molar-refractivity contribution in [3.8, 4) is 5.75 Å². The third-order valence-corrected chi connectivity index (χ3v) is 23.2. The molecule has 20 nitrogen and oxygen atoms in total. The molecule has 3 fully saturated rings. The molecule has 9 aromatic rings. The predicted octanol–water partition coefficient (Wildman–Crippen LogP) is 19.5. The number of nitrogens with two attached hydrogens (primary N) is 9. The zero-order valence-corrected chi connectivity index (χ0v) is 79.2. The lowest BCUT2D eigenvalue weighted by atomic mass is 9.81. The summed E-state index contributed by atoms with van der Waals surface area (Å²) in [4.78, 5) is 97.7. The molecule has 4 unspecified atom stereocenters. The molecule has 3 aliphatic carbocycles. The molecule has 702 valence electrons. The Labute approximate surface area is 780 Å². The molecule has 0 bridgehead atoms. The molecule has 0 saturated heterocycles. The summed E-state index contributed by atoms with van der Waals surface area (Å²) in [7, 11) is 0. The SMILES string of the molecule is CC(C)(CC(N)=O)Oc1ccc(Cl)cc1.CC(C)(CC(N)=O)c1ccc(F)cc1.CCC(CC(N)=O)c1ccc(Cl)cc1.CCC(CC(N)=O)c1ccc(F)cc1.Cc1ccc(C(C)(C)CC(N)=O)cc1.Cc1ccc(C(C)(C)CC(N)=O)cc1.NC(=O)CC(c1ccc(Cl)cc1)C1CC1.NC(=O)CC(c1ccc(F)cc1)C1CC1.NC(=O)CC1(c2ccc(CO)cc2)CC1. The molecule has 3 saturated carbocycles. The average molecular weight is 1850 g/mol. The highest BCUT2D eigenvalue weighted by Crippen LogP contribution is 2.51. The molecule has 26 heteroatoms. The molecular weight excluding hydrogens is 1710 g/mol. The van der Waals surface area contributed by atoms with Crippen molar-refractivity contribution in [2.45, 2.75) is 250 Å². The molecule has 3 aliphatic rings. The summed E-state index contributed by atoms with van der Waals surface area (Å²) >= 11 is 17.3. The monoisotopic (exact) mass is 1850 g/mol. The van der Waals surface area contributed by atoms with E-state index in [1.54, 1.807) is 60.7 Å². The van der Waals surface area contributed by atoms with Gasteiger partial charge in [0.05, 0.1) is 13.0 Å². The highest BCUT2D eigenvalue weighted by molar-refractivity contribution is 6.31. The highest BCUT2D eigenvalue weighted by atomic mass is 35.5. The Balaban J connectivity index is 0.000000306. The van der Waals surface area contributed by atoms with E-state index in [9.17, 15) is 56.3 Å². The Morgan fingerprint density at radius 1 is 0.369 bits per heavy atom. The van der Waals surface area contributed by atoms with Crippen LogP contribution in [0.1, 0.15) is 263 Å². The van der Waals surface area contributed by atoms with E-state index in [1.165, 1.54) is 71.5 Å². The number of benzene rings is 9. The largest absolute Gasteiger partial charge is 0.487 e. The van der Waals surface area contributed by atoms with E-state index in [0.717, 1.165) is 82.5 Å². The number of carbonyl (C=O) groups is 9. The molecule has 9 amide bonds. The van der Waals surface area contributed by atoms with Gasteiger partial charge >= 0.3 is 0 Å². The van der Waals surface area contributed by atoms with Crippen LogP contribution in [0.15, 0.2) is 218 Å². The van der Waals surface area contributed by atoms with Gasteiger partial charge < -0.3 is 61.4 Å². The third-order valence-electron chi connectivity index (χ3n) is 22.4. The minimum atomic E-state index is -0.598. The molecule has 0 heterocycles. The molecule has 0 spiro atoms. The molecular formula is C104H133Cl3F3N9O11. The number of hydrogen-bond donors (Lipinski definition) is 10. The molecule has 0 aromatic heterocycles. The van der Waals surface area contributed by atoms with Gasteiger partial charge in [-0.2, -0.15) is 0 Å². The van der Waals surface area contributed by atoms with Crippen molar-refractivity contribution in [1.82, 2.24) is 0 Å². The van der Waals surface area contributed by atoms with Gasteiger partial charge in [-0.3, -0.25) is 43.2 Å². The van der Waals surface area contributed by atoms with E-state index in [0.29, 0.717) is 78.5 Å². The summed E-state index contributed by atoms with van der Waals surface area (Å²) in [5.41, 5.74) is 57.4. The highest BCUT2D eigenvalue weighted by Gasteiger charge is 2.45. The number of ether oxygens (including phenoxy) is 1. The van der Waals surface area contributed by atoms with Crippen molar-refractivity contribution < 1.29 is 66.2 Å². The first-order valence-electron chi connectivity index (χ1n) is 43.5. The number of amides is 9. The van der Waals surface area contributed by atoms with E-state index in [4.69, 9.17) is 96.2 Å². The molecule has 9 aromatic carbocycles. The van der Waals surface area contributed by atoms with E-state index < -0.39 is 5.60 Å². The molecule has 130 heavy (non-hydrogen) atoms. The second-order valence-corrected chi connectivity index (χ2v) is 37.4. The van der Waals surface area contributed by atoms with Crippen molar-refractivity contribution >= 4 is 88.0 Å². The van der Waals surface area contributed by atoms with Crippen LogP contribution in [-0.2, 0) is 71.4 Å². The summed E-state index contributed by atoms with van der Waals surface area (Å²) < 4.78 is 43.6. The fourth-order valence-electron chi connectivity index (χ4n) is 14.7. The van der Waals surface area contributed by atoms with Crippen molar-refractivity contribution in [2.75, 3.05) is 0 Å². The van der Waals surface area contributed by atoms with E-state index in [2.05, 4.69) is 48.5 Å². The van der Waals surface area contributed by atoms with Gasteiger partial charge in [-0.05, 0) is 266 Å². The first-order valence-corrected chi connectivity index (χ1v) is 44.6. The lowest BCUT2D eigenvalue weighted by molar-refractivity contribution is -0.121. The fraction of sp³-hybridized carbons (Fsp3) is 0.394. The van der Waals surface area contributed by atoms with Gasteiger partial charge in [0.25, 0.3) is 0 Å². The van der Waals surface area contributed by atoms with Gasteiger partial charge in [-0.1, -0.05) is 235 Å². The molecule has 4 atom stereocenters. The van der Waals surface area contributed by atoms with Gasteiger partial charge in [-0.25, -0.2) is 13.2 Å². The number of carbonyl (C=O) groups excluding carboxylic acids is 9. The summed E-state index contributed by atoms with van der Waals surface area (Å²) in [6, 6.07) is 65.2. The first-order chi connectivity index (χ1) is 60.9. The summed E-state index contributed by atoms with van der Waals surface area (Å²) in [5.74, 6) is -0.670. The van der Waals surface area contributed by atoms with Crippen LogP contribution in [0.25, 0.3) is 0 Å². The van der Waals surface area contributed by atoms with Gasteiger partial charge in [0, 0.05) is 71.8 Å². The topological polar surface area (TPSA) is 417 Å². The van der Waals surface area contributed by atoms with E-state index in [1.807, 2.05) is 156 Å². The molecule has 19 N–H and O–H groups in total.